The molecule has 0 aromatic carbocycles. The van der Waals surface area contributed by atoms with Crippen molar-refractivity contribution in [2.45, 2.75) is 237 Å². The van der Waals surface area contributed by atoms with E-state index in [-0.39, 0.29) is 103 Å². The Hall–Kier alpha value is 1.82. The van der Waals surface area contributed by atoms with Gasteiger partial charge in [-0.3, -0.25) is 0 Å². The minimum Gasteiger partial charge on any atom is -0.854 e. The standard InChI is InChI=1S/6C8H17O.3W/c6*1-3-5-6-8(4-2)7-9;;;/h6*8H,3-7H2,1-2H3;;;/q6*-1;3*+2. The summed E-state index contributed by atoms with van der Waals surface area (Å²) in [6.07, 6.45) is 27.8. The van der Waals surface area contributed by atoms with Gasteiger partial charge >= 0.3 is 63.2 Å². The molecule has 0 aromatic rings. The third-order valence-electron chi connectivity index (χ3n) is 10.7. The molecule has 0 fully saturated rings. The van der Waals surface area contributed by atoms with Crippen LogP contribution in [0, 0.1) is 35.5 Å². The molecule has 0 radical (unpaired) electrons. The van der Waals surface area contributed by atoms with Crippen LogP contribution in [0.25, 0.3) is 0 Å². The topological polar surface area (TPSA) is 138 Å². The Morgan fingerprint density at radius 2 is 0.333 bits per heavy atom. The van der Waals surface area contributed by atoms with Gasteiger partial charge in [0.2, 0.25) is 0 Å². The van der Waals surface area contributed by atoms with Crippen LogP contribution in [0.15, 0.2) is 0 Å². The van der Waals surface area contributed by atoms with Crippen molar-refractivity contribution in [2.24, 2.45) is 35.5 Å². The smallest absolute Gasteiger partial charge is 0.854 e. The summed E-state index contributed by atoms with van der Waals surface area (Å²) in [5.74, 6) is 2.69. The average molecular weight is 1330 g/mol. The van der Waals surface area contributed by atoms with Gasteiger partial charge in [0.05, 0.1) is 0 Å². The van der Waals surface area contributed by atoms with Gasteiger partial charge in [-0.1, -0.05) is 273 Å². The van der Waals surface area contributed by atoms with Crippen LogP contribution in [-0.4, -0.2) is 39.6 Å². The Labute approximate surface area is 403 Å². The Kier molecular flexibility index (Phi) is 105. The maximum Gasteiger partial charge on any atom is 2.00 e. The molecule has 348 valence electrons. The first-order chi connectivity index (χ1) is 26.1. The summed E-state index contributed by atoms with van der Waals surface area (Å²) in [5, 5.41) is 62.2. The molecule has 0 aliphatic heterocycles. The van der Waals surface area contributed by atoms with Crippen LogP contribution < -0.4 is 30.6 Å². The zero-order valence-corrected chi connectivity index (χ0v) is 49.2. The van der Waals surface area contributed by atoms with Crippen LogP contribution in [-0.2, 0) is 63.2 Å². The Morgan fingerprint density at radius 3 is 0.386 bits per heavy atom. The van der Waals surface area contributed by atoms with Crippen LogP contribution in [0.3, 0.4) is 0 Å². The van der Waals surface area contributed by atoms with Gasteiger partial charge in [-0.25, -0.2) is 0 Å². The van der Waals surface area contributed by atoms with Crippen LogP contribution in [0.4, 0.5) is 0 Å². The summed E-state index contributed by atoms with van der Waals surface area (Å²) in [6, 6.07) is 0. The van der Waals surface area contributed by atoms with Gasteiger partial charge in [-0.15, -0.1) is 39.6 Å². The first-order valence-corrected chi connectivity index (χ1v) is 23.6. The van der Waals surface area contributed by atoms with E-state index in [1.807, 2.05) is 0 Å². The monoisotopic (exact) mass is 1330 g/mol. The number of hydrogen-bond donors (Lipinski definition) is 0. The number of rotatable bonds is 30. The molecule has 0 saturated carbocycles. The largest absolute Gasteiger partial charge is 2.00 e. The SMILES string of the molecule is CCCCC(CC)C[O-].CCCCC(CC)C[O-].CCCCC(CC)C[O-].CCCCC(CC)C[O-].CCCCC(CC)C[O-].CCCCC(CC)C[O-].[W+2].[W+2].[W+2]. The molecule has 6 nitrogen and oxygen atoms in total. The number of unbranched alkanes of at least 4 members (excludes halogenated alkanes) is 6. The number of hydrogen-bond acceptors (Lipinski definition) is 6. The van der Waals surface area contributed by atoms with Gasteiger partial charge in [0, 0.05) is 0 Å². The van der Waals surface area contributed by atoms with Crippen molar-refractivity contribution >= 4 is 0 Å². The van der Waals surface area contributed by atoms with E-state index in [0.717, 1.165) is 77.0 Å². The van der Waals surface area contributed by atoms with Crippen LogP contribution >= 0.6 is 0 Å². The summed E-state index contributed by atoms with van der Waals surface area (Å²) < 4.78 is 0. The van der Waals surface area contributed by atoms with Gasteiger partial charge in [0.25, 0.3) is 0 Å². The molecule has 0 aliphatic rings. The van der Waals surface area contributed by atoms with Crippen molar-refractivity contribution in [3.63, 3.8) is 0 Å². The van der Waals surface area contributed by atoms with Gasteiger partial charge in [0.15, 0.2) is 0 Å². The molecule has 9 heteroatoms. The van der Waals surface area contributed by atoms with E-state index in [0.29, 0.717) is 35.5 Å². The molecule has 0 bridgehead atoms. The van der Waals surface area contributed by atoms with E-state index in [1.165, 1.54) is 77.0 Å². The molecule has 0 heterocycles. The molecular weight excluding hydrogens is 1220 g/mol. The zero-order chi connectivity index (χ0) is 42.7. The first kappa shape index (κ1) is 79.2. The minimum absolute atomic E-state index is 0. The van der Waals surface area contributed by atoms with Crippen molar-refractivity contribution in [2.75, 3.05) is 39.6 Å². The van der Waals surface area contributed by atoms with E-state index in [2.05, 4.69) is 83.1 Å². The summed E-state index contributed by atoms with van der Waals surface area (Å²) in [6.45, 7) is 26.3. The van der Waals surface area contributed by atoms with Crippen molar-refractivity contribution in [3.8, 4) is 0 Å². The predicted octanol–water partition coefficient (Wildman–Crippen LogP) is 9.37. The minimum atomic E-state index is 0. The molecule has 0 rings (SSSR count). The average Bonchev–Trinajstić information content (AvgIpc) is 3.21. The van der Waals surface area contributed by atoms with Crippen molar-refractivity contribution in [1.29, 1.82) is 0 Å². The fourth-order valence-corrected chi connectivity index (χ4v) is 5.39. The van der Waals surface area contributed by atoms with Gasteiger partial charge < -0.3 is 30.6 Å². The zero-order valence-electron chi connectivity index (χ0n) is 40.4. The van der Waals surface area contributed by atoms with Crippen molar-refractivity contribution < 1.29 is 93.8 Å². The third kappa shape index (κ3) is 72.6. The van der Waals surface area contributed by atoms with Crippen molar-refractivity contribution in [3.05, 3.63) is 0 Å². The molecule has 0 amide bonds. The predicted molar refractivity (Wildman–Crippen MR) is 229 cm³/mol. The van der Waals surface area contributed by atoms with E-state index in [9.17, 15) is 30.6 Å². The quantitative estimate of drug-likeness (QED) is 0.0703. The molecule has 6 unspecified atom stereocenters. The van der Waals surface area contributed by atoms with E-state index in [1.54, 1.807) is 0 Å². The molecule has 0 aromatic heterocycles. The van der Waals surface area contributed by atoms with Gasteiger partial charge in [0.1, 0.15) is 0 Å². The van der Waals surface area contributed by atoms with Crippen molar-refractivity contribution in [1.82, 2.24) is 0 Å². The molecular formula is C48H102O6W3. The van der Waals surface area contributed by atoms with Crippen LogP contribution in [0.1, 0.15) is 237 Å². The van der Waals surface area contributed by atoms with Crippen LogP contribution in [0.5, 0.6) is 0 Å². The molecule has 57 heavy (non-hydrogen) atoms. The van der Waals surface area contributed by atoms with E-state index >= 15 is 0 Å². The van der Waals surface area contributed by atoms with Crippen LogP contribution in [0.2, 0.25) is 0 Å². The summed E-state index contributed by atoms with van der Waals surface area (Å²) in [4.78, 5) is 0. The summed E-state index contributed by atoms with van der Waals surface area (Å²) >= 11 is 0. The molecule has 6 atom stereocenters. The van der Waals surface area contributed by atoms with E-state index < -0.39 is 0 Å². The Balaban J connectivity index is -0.0000000686. The summed E-state index contributed by atoms with van der Waals surface area (Å²) in [7, 11) is 0. The second-order valence-electron chi connectivity index (χ2n) is 15.5. The fourth-order valence-electron chi connectivity index (χ4n) is 5.39. The molecule has 0 spiro atoms. The molecule has 0 aliphatic carbocycles. The van der Waals surface area contributed by atoms with E-state index in [4.69, 9.17) is 0 Å². The maximum atomic E-state index is 10.4. The second-order valence-corrected chi connectivity index (χ2v) is 15.5. The Bertz CT molecular complexity index is 432. The van der Waals surface area contributed by atoms with Gasteiger partial charge in [-0.2, -0.15) is 0 Å². The first-order valence-electron chi connectivity index (χ1n) is 23.6. The Morgan fingerprint density at radius 1 is 0.228 bits per heavy atom. The second kappa shape index (κ2) is 75.2. The summed E-state index contributed by atoms with van der Waals surface area (Å²) in [5.41, 5.74) is 0. The fraction of sp³-hybridized carbons (Fsp3) is 1.00. The molecule has 0 saturated heterocycles. The third-order valence-corrected chi connectivity index (χ3v) is 10.7. The molecule has 0 N–H and O–H groups in total. The normalized spacial score (nSPS) is 12.9. The maximum absolute atomic E-state index is 10.4. The van der Waals surface area contributed by atoms with Gasteiger partial charge in [-0.05, 0) is 0 Å².